The highest BCUT2D eigenvalue weighted by atomic mass is 16.3. The molecule has 5 nitrogen and oxygen atoms in total. The van der Waals surface area contributed by atoms with Gasteiger partial charge in [-0.25, -0.2) is 0 Å². The Hall–Kier alpha value is -1.59. The SMILES string of the molecule is Nc1ccc(CCC(=O)N2C[C@H](O)[C@@H](O)C2)cc1. The van der Waals surface area contributed by atoms with Gasteiger partial charge in [0, 0.05) is 25.2 Å². The second-order valence-electron chi connectivity index (χ2n) is 4.67. The van der Waals surface area contributed by atoms with Crippen molar-refractivity contribution < 1.29 is 15.0 Å². The zero-order chi connectivity index (χ0) is 13.1. The summed E-state index contributed by atoms with van der Waals surface area (Å²) in [6.45, 7) is 0.448. The number of amides is 1. The number of rotatable bonds is 3. The molecule has 0 aromatic heterocycles. The van der Waals surface area contributed by atoms with Gasteiger partial charge in [-0.15, -0.1) is 0 Å². The van der Waals surface area contributed by atoms with Crippen molar-refractivity contribution in [2.75, 3.05) is 18.8 Å². The van der Waals surface area contributed by atoms with E-state index in [1.54, 1.807) is 0 Å². The third-order valence-corrected chi connectivity index (χ3v) is 3.22. The highest BCUT2D eigenvalue weighted by Crippen LogP contribution is 2.13. The van der Waals surface area contributed by atoms with Gasteiger partial charge in [-0.2, -0.15) is 0 Å². The van der Waals surface area contributed by atoms with Gasteiger partial charge in [0.2, 0.25) is 5.91 Å². The number of hydrogen-bond donors (Lipinski definition) is 3. The third-order valence-electron chi connectivity index (χ3n) is 3.22. The zero-order valence-corrected chi connectivity index (χ0v) is 10.1. The minimum Gasteiger partial charge on any atom is -0.399 e. The van der Waals surface area contributed by atoms with E-state index in [1.165, 1.54) is 4.90 Å². The number of aliphatic hydroxyl groups is 2. The van der Waals surface area contributed by atoms with E-state index in [9.17, 15) is 15.0 Å². The third kappa shape index (κ3) is 3.00. The van der Waals surface area contributed by atoms with Crippen molar-refractivity contribution in [1.82, 2.24) is 4.90 Å². The Morgan fingerprint density at radius 3 is 2.33 bits per heavy atom. The maximum Gasteiger partial charge on any atom is 0.223 e. The first kappa shape index (κ1) is 12.9. The van der Waals surface area contributed by atoms with Gasteiger partial charge in [-0.05, 0) is 24.1 Å². The Labute approximate surface area is 106 Å². The summed E-state index contributed by atoms with van der Waals surface area (Å²) in [7, 11) is 0. The fraction of sp³-hybridized carbons (Fsp3) is 0.462. The van der Waals surface area contributed by atoms with E-state index >= 15 is 0 Å². The van der Waals surface area contributed by atoms with Crippen LogP contribution in [0.1, 0.15) is 12.0 Å². The molecule has 0 saturated carbocycles. The van der Waals surface area contributed by atoms with E-state index in [-0.39, 0.29) is 19.0 Å². The van der Waals surface area contributed by atoms with Gasteiger partial charge in [0.05, 0.1) is 12.2 Å². The first-order valence-electron chi connectivity index (χ1n) is 6.04. The molecule has 1 aliphatic rings. The Morgan fingerprint density at radius 2 is 1.78 bits per heavy atom. The summed E-state index contributed by atoms with van der Waals surface area (Å²) >= 11 is 0. The highest BCUT2D eigenvalue weighted by molar-refractivity contribution is 5.77. The van der Waals surface area contributed by atoms with Crippen molar-refractivity contribution in [3.63, 3.8) is 0 Å². The average molecular weight is 250 g/mol. The van der Waals surface area contributed by atoms with Crippen molar-refractivity contribution in [2.45, 2.75) is 25.0 Å². The molecule has 18 heavy (non-hydrogen) atoms. The molecule has 5 heteroatoms. The second kappa shape index (κ2) is 5.37. The number of aliphatic hydroxyl groups excluding tert-OH is 2. The molecule has 1 aromatic rings. The predicted octanol–water partition coefficient (Wildman–Crippen LogP) is -0.235. The van der Waals surface area contributed by atoms with Crippen LogP contribution >= 0.6 is 0 Å². The number of carbonyl (C=O) groups excluding carboxylic acids is 1. The average Bonchev–Trinajstić information content (AvgIpc) is 2.69. The maximum absolute atomic E-state index is 11.9. The lowest BCUT2D eigenvalue weighted by molar-refractivity contribution is -0.130. The molecule has 1 fully saturated rings. The molecule has 4 N–H and O–H groups in total. The van der Waals surface area contributed by atoms with Crippen LogP contribution in [-0.4, -0.2) is 46.3 Å². The van der Waals surface area contributed by atoms with Gasteiger partial charge in [0.1, 0.15) is 0 Å². The molecule has 0 spiro atoms. The molecule has 1 aromatic carbocycles. The molecule has 0 unspecified atom stereocenters. The Morgan fingerprint density at radius 1 is 1.22 bits per heavy atom. The number of likely N-dealkylation sites (tertiary alicyclic amines) is 1. The normalized spacial score (nSPS) is 23.3. The molecule has 2 rings (SSSR count). The van der Waals surface area contributed by atoms with E-state index in [4.69, 9.17) is 5.73 Å². The molecule has 1 amide bonds. The first-order valence-corrected chi connectivity index (χ1v) is 6.04. The molecular formula is C13H18N2O3. The van der Waals surface area contributed by atoms with Crippen molar-refractivity contribution >= 4 is 11.6 Å². The smallest absolute Gasteiger partial charge is 0.223 e. The van der Waals surface area contributed by atoms with Crippen molar-refractivity contribution in [1.29, 1.82) is 0 Å². The molecule has 0 bridgehead atoms. The number of benzene rings is 1. The van der Waals surface area contributed by atoms with Crippen molar-refractivity contribution in [2.24, 2.45) is 0 Å². The van der Waals surface area contributed by atoms with Gasteiger partial charge in [-0.3, -0.25) is 4.79 Å². The van der Waals surface area contributed by atoms with Crippen LogP contribution in [-0.2, 0) is 11.2 Å². The van der Waals surface area contributed by atoms with Crippen LogP contribution in [0.5, 0.6) is 0 Å². The van der Waals surface area contributed by atoms with Gasteiger partial charge >= 0.3 is 0 Å². The van der Waals surface area contributed by atoms with Gasteiger partial charge in [-0.1, -0.05) is 12.1 Å². The lowest BCUT2D eigenvalue weighted by Crippen LogP contribution is -2.29. The number of anilines is 1. The fourth-order valence-electron chi connectivity index (χ4n) is 2.07. The van der Waals surface area contributed by atoms with E-state index in [1.807, 2.05) is 24.3 Å². The Bertz CT molecular complexity index is 409. The number of carbonyl (C=O) groups is 1. The lowest BCUT2D eigenvalue weighted by atomic mass is 10.1. The predicted molar refractivity (Wildman–Crippen MR) is 67.8 cm³/mol. The van der Waals surface area contributed by atoms with E-state index in [0.717, 1.165) is 5.56 Å². The molecule has 2 atom stereocenters. The number of nitrogen functional groups attached to an aromatic ring is 1. The minimum atomic E-state index is -0.814. The summed E-state index contributed by atoms with van der Waals surface area (Å²) in [6.07, 6.45) is -0.610. The first-order chi connectivity index (χ1) is 8.56. The summed E-state index contributed by atoms with van der Waals surface area (Å²) in [6, 6.07) is 7.42. The van der Waals surface area contributed by atoms with E-state index < -0.39 is 12.2 Å². The summed E-state index contributed by atoms with van der Waals surface area (Å²) in [5.74, 6) is -0.0394. The molecule has 1 aliphatic heterocycles. The Balaban J connectivity index is 1.83. The summed E-state index contributed by atoms with van der Waals surface area (Å²) in [5.41, 5.74) is 7.34. The summed E-state index contributed by atoms with van der Waals surface area (Å²) in [4.78, 5) is 13.4. The molecule has 0 aliphatic carbocycles. The lowest BCUT2D eigenvalue weighted by Gasteiger charge is -2.15. The van der Waals surface area contributed by atoms with Gasteiger partial charge < -0.3 is 20.8 Å². The van der Waals surface area contributed by atoms with Crippen LogP contribution in [0.2, 0.25) is 0 Å². The van der Waals surface area contributed by atoms with Crippen LogP contribution in [0.25, 0.3) is 0 Å². The minimum absolute atomic E-state index is 0.0394. The number of β-amino-alcohol motifs (C(OH)–C–C–N with tert-alkyl or cyclic N) is 2. The molecule has 1 saturated heterocycles. The molecule has 1 heterocycles. The van der Waals surface area contributed by atoms with Crippen molar-refractivity contribution in [3.8, 4) is 0 Å². The Kier molecular flexibility index (Phi) is 3.84. The van der Waals surface area contributed by atoms with Crippen molar-refractivity contribution in [3.05, 3.63) is 29.8 Å². The van der Waals surface area contributed by atoms with E-state index in [0.29, 0.717) is 18.5 Å². The quantitative estimate of drug-likeness (QED) is 0.646. The monoisotopic (exact) mass is 250 g/mol. The molecule has 98 valence electrons. The highest BCUT2D eigenvalue weighted by Gasteiger charge is 2.31. The maximum atomic E-state index is 11.9. The van der Waals surface area contributed by atoms with Gasteiger partial charge in [0.25, 0.3) is 0 Å². The summed E-state index contributed by atoms with van der Waals surface area (Å²) < 4.78 is 0. The van der Waals surface area contributed by atoms with Gasteiger partial charge in [0.15, 0.2) is 0 Å². The topological polar surface area (TPSA) is 86.8 Å². The second-order valence-corrected chi connectivity index (χ2v) is 4.67. The number of aryl methyl sites for hydroxylation is 1. The number of nitrogens with zero attached hydrogens (tertiary/aromatic N) is 1. The summed E-state index contributed by atoms with van der Waals surface area (Å²) in [5, 5.41) is 18.8. The standard InChI is InChI=1S/C13H18N2O3/c14-10-4-1-9(2-5-10)3-6-13(18)15-7-11(16)12(17)8-15/h1-2,4-5,11-12,16-17H,3,6-8,14H2/t11-,12-/m0/s1. The number of nitrogens with two attached hydrogens (primary N) is 1. The zero-order valence-electron chi connectivity index (χ0n) is 10.1. The van der Waals surface area contributed by atoms with Crippen LogP contribution in [0.3, 0.4) is 0 Å². The fourth-order valence-corrected chi connectivity index (χ4v) is 2.07. The van der Waals surface area contributed by atoms with Crippen LogP contribution in [0, 0.1) is 0 Å². The largest absolute Gasteiger partial charge is 0.399 e. The molecular weight excluding hydrogens is 232 g/mol. The molecule has 0 radical (unpaired) electrons. The van der Waals surface area contributed by atoms with Crippen LogP contribution < -0.4 is 5.73 Å². The van der Waals surface area contributed by atoms with Crippen LogP contribution in [0.15, 0.2) is 24.3 Å². The number of hydrogen-bond acceptors (Lipinski definition) is 4. The van der Waals surface area contributed by atoms with E-state index in [2.05, 4.69) is 0 Å². The van der Waals surface area contributed by atoms with Crippen LogP contribution in [0.4, 0.5) is 5.69 Å².